The molecule has 4 rings (SSSR count). The van der Waals surface area contributed by atoms with Crippen LogP contribution in [0.3, 0.4) is 0 Å². The molecule has 0 unspecified atom stereocenters. The van der Waals surface area contributed by atoms with Crippen molar-refractivity contribution >= 4 is 28.4 Å². The first-order valence-corrected chi connectivity index (χ1v) is 9.49. The Labute approximate surface area is 167 Å². The number of hydrogen-bond acceptors (Lipinski definition) is 3. The van der Waals surface area contributed by atoms with Crippen molar-refractivity contribution < 1.29 is 14.0 Å². The Morgan fingerprint density at radius 1 is 1.24 bits per heavy atom. The standard InChI is InChI=1S/C23H20FN3O2/c1-2-14-10-20-16(4-3-9-25-20)11-21(14)27-23(29)19-13-26-22(28)12-18(19)15-5-7-17(24)8-6-15/h3-11,13,18H,2,12H2,1H3,(H,26,28)(H,27,29)/t18-/m0/s1. The molecule has 1 atom stereocenters. The van der Waals surface area contributed by atoms with E-state index in [1.54, 1.807) is 18.3 Å². The van der Waals surface area contributed by atoms with E-state index in [4.69, 9.17) is 0 Å². The van der Waals surface area contributed by atoms with Gasteiger partial charge in [0, 0.05) is 41.4 Å². The summed E-state index contributed by atoms with van der Waals surface area (Å²) in [6.45, 7) is 2.02. The smallest absolute Gasteiger partial charge is 0.253 e. The molecular weight excluding hydrogens is 369 g/mol. The van der Waals surface area contributed by atoms with Gasteiger partial charge in [-0.3, -0.25) is 14.6 Å². The summed E-state index contributed by atoms with van der Waals surface area (Å²) in [7, 11) is 0. The molecule has 0 bridgehead atoms. The van der Waals surface area contributed by atoms with E-state index in [9.17, 15) is 14.0 Å². The Morgan fingerprint density at radius 3 is 2.79 bits per heavy atom. The number of nitrogens with one attached hydrogen (secondary N) is 2. The van der Waals surface area contributed by atoms with Crippen molar-refractivity contribution in [2.75, 3.05) is 5.32 Å². The summed E-state index contributed by atoms with van der Waals surface area (Å²) < 4.78 is 13.3. The summed E-state index contributed by atoms with van der Waals surface area (Å²) >= 11 is 0. The van der Waals surface area contributed by atoms with E-state index in [2.05, 4.69) is 15.6 Å². The van der Waals surface area contributed by atoms with Crippen molar-refractivity contribution in [3.63, 3.8) is 0 Å². The molecule has 146 valence electrons. The predicted molar refractivity (Wildman–Crippen MR) is 110 cm³/mol. The number of pyridine rings is 1. The van der Waals surface area contributed by atoms with Gasteiger partial charge in [0.25, 0.3) is 5.91 Å². The van der Waals surface area contributed by atoms with Crippen LogP contribution < -0.4 is 10.6 Å². The molecule has 0 radical (unpaired) electrons. The molecule has 0 fully saturated rings. The number of amides is 2. The summed E-state index contributed by atoms with van der Waals surface area (Å²) in [5, 5.41) is 6.54. The van der Waals surface area contributed by atoms with Crippen LogP contribution in [0.5, 0.6) is 0 Å². The first kappa shape index (κ1) is 18.8. The number of aromatic nitrogens is 1. The molecule has 1 aliphatic heterocycles. The molecule has 2 aromatic carbocycles. The molecule has 0 aliphatic carbocycles. The molecule has 0 saturated heterocycles. The number of hydrogen-bond donors (Lipinski definition) is 2. The maximum absolute atomic E-state index is 13.3. The van der Waals surface area contributed by atoms with E-state index in [1.807, 2.05) is 31.2 Å². The van der Waals surface area contributed by atoms with E-state index in [1.165, 1.54) is 18.3 Å². The molecule has 3 aromatic rings. The van der Waals surface area contributed by atoms with Gasteiger partial charge in [-0.2, -0.15) is 0 Å². The van der Waals surface area contributed by atoms with Gasteiger partial charge in [-0.05, 0) is 47.9 Å². The fraction of sp³-hybridized carbons (Fsp3) is 0.174. The second kappa shape index (κ2) is 7.83. The van der Waals surface area contributed by atoms with Crippen molar-refractivity contribution in [2.24, 2.45) is 0 Å². The normalized spacial score (nSPS) is 16.3. The number of fused-ring (bicyclic) bond motifs is 1. The van der Waals surface area contributed by atoms with Crippen molar-refractivity contribution in [3.05, 3.63) is 83.4 Å². The predicted octanol–water partition coefficient (Wildman–Crippen LogP) is 4.06. The van der Waals surface area contributed by atoms with Crippen molar-refractivity contribution in [1.29, 1.82) is 0 Å². The molecule has 2 amide bonds. The van der Waals surface area contributed by atoms with E-state index >= 15 is 0 Å². The molecular formula is C23H20FN3O2. The third kappa shape index (κ3) is 3.87. The van der Waals surface area contributed by atoms with Gasteiger partial charge in [0.05, 0.1) is 5.52 Å². The highest BCUT2D eigenvalue weighted by Crippen LogP contribution is 2.32. The maximum Gasteiger partial charge on any atom is 0.253 e. The first-order valence-electron chi connectivity index (χ1n) is 9.49. The summed E-state index contributed by atoms with van der Waals surface area (Å²) in [4.78, 5) is 29.4. The van der Waals surface area contributed by atoms with E-state index in [0.29, 0.717) is 11.3 Å². The number of nitrogens with zero attached hydrogens (tertiary/aromatic N) is 1. The fourth-order valence-electron chi connectivity index (χ4n) is 3.60. The molecule has 2 heterocycles. The van der Waals surface area contributed by atoms with Crippen LogP contribution >= 0.6 is 0 Å². The monoisotopic (exact) mass is 389 g/mol. The average molecular weight is 389 g/mol. The minimum absolute atomic E-state index is 0.132. The number of carbonyl (C=O) groups is 2. The molecule has 29 heavy (non-hydrogen) atoms. The molecule has 6 heteroatoms. The summed E-state index contributed by atoms with van der Waals surface area (Å²) in [6, 6.07) is 13.6. The molecule has 0 spiro atoms. The van der Waals surface area contributed by atoms with Crippen molar-refractivity contribution in [1.82, 2.24) is 10.3 Å². The van der Waals surface area contributed by atoms with Gasteiger partial charge < -0.3 is 10.6 Å². The maximum atomic E-state index is 13.3. The van der Waals surface area contributed by atoms with E-state index in [0.717, 1.165) is 28.5 Å². The molecule has 0 saturated carbocycles. The van der Waals surface area contributed by atoms with Gasteiger partial charge in [-0.15, -0.1) is 0 Å². The van der Waals surface area contributed by atoms with Crippen LogP contribution in [0.2, 0.25) is 0 Å². The van der Waals surface area contributed by atoms with Crippen LogP contribution in [0.15, 0.2) is 66.5 Å². The van der Waals surface area contributed by atoms with Crippen LogP contribution in [0.4, 0.5) is 10.1 Å². The summed E-state index contributed by atoms with van der Waals surface area (Å²) in [6.07, 6.45) is 4.05. The quantitative estimate of drug-likeness (QED) is 0.707. The van der Waals surface area contributed by atoms with Gasteiger partial charge in [0.1, 0.15) is 5.82 Å². The number of halogens is 1. The number of rotatable bonds is 4. The summed E-state index contributed by atoms with van der Waals surface area (Å²) in [5.74, 6) is -1.27. The molecule has 1 aromatic heterocycles. The highest BCUT2D eigenvalue weighted by Gasteiger charge is 2.29. The second-order valence-electron chi connectivity index (χ2n) is 6.99. The molecule has 1 aliphatic rings. The van der Waals surface area contributed by atoms with Crippen LogP contribution in [-0.4, -0.2) is 16.8 Å². The van der Waals surface area contributed by atoms with Gasteiger partial charge in [0.2, 0.25) is 5.91 Å². The van der Waals surface area contributed by atoms with Gasteiger partial charge in [-0.25, -0.2) is 4.39 Å². The van der Waals surface area contributed by atoms with Crippen molar-refractivity contribution in [2.45, 2.75) is 25.7 Å². The van der Waals surface area contributed by atoms with Gasteiger partial charge in [0.15, 0.2) is 0 Å². The largest absolute Gasteiger partial charge is 0.332 e. The Hall–Kier alpha value is -3.54. The van der Waals surface area contributed by atoms with Gasteiger partial charge >= 0.3 is 0 Å². The lowest BCUT2D eigenvalue weighted by Gasteiger charge is -2.24. The third-order valence-electron chi connectivity index (χ3n) is 5.15. The molecule has 2 N–H and O–H groups in total. The lowest BCUT2D eigenvalue weighted by atomic mass is 9.86. The number of carbonyl (C=O) groups excluding carboxylic acids is 2. The zero-order chi connectivity index (χ0) is 20.4. The Bertz CT molecular complexity index is 1120. The minimum Gasteiger partial charge on any atom is -0.332 e. The zero-order valence-electron chi connectivity index (χ0n) is 15.9. The topological polar surface area (TPSA) is 71.1 Å². The number of benzene rings is 2. The van der Waals surface area contributed by atoms with E-state index < -0.39 is 5.92 Å². The van der Waals surface area contributed by atoms with Crippen LogP contribution in [0.1, 0.15) is 30.4 Å². The highest BCUT2D eigenvalue weighted by molar-refractivity contribution is 6.07. The van der Waals surface area contributed by atoms with Gasteiger partial charge in [-0.1, -0.05) is 25.1 Å². The highest BCUT2D eigenvalue weighted by atomic mass is 19.1. The average Bonchev–Trinajstić information content (AvgIpc) is 2.73. The Morgan fingerprint density at radius 2 is 2.03 bits per heavy atom. The van der Waals surface area contributed by atoms with Crippen LogP contribution in [-0.2, 0) is 16.0 Å². The summed E-state index contributed by atoms with van der Waals surface area (Å²) in [5.41, 5.74) is 3.72. The second-order valence-corrected chi connectivity index (χ2v) is 6.99. The lowest BCUT2D eigenvalue weighted by Crippen LogP contribution is -2.32. The van der Waals surface area contributed by atoms with Crippen molar-refractivity contribution in [3.8, 4) is 0 Å². The number of anilines is 1. The Balaban J connectivity index is 1.66. The lowest BCUT2D eigenvalue weighted by molar-refractivity contribution is -0.121. The van der Waals surface area contributed by atoms with Crippen LogP contribution in [0, 0.1) is 5.82 Å². The molecule has 5 nitrogen and oxygen atoms in total. The minimum atomic E-state index is -0.434. The van der Waals surface area contributed by atoms with Crippen LogP contribution in [0.25, 0.3) is 10.9 Å². The number of aryl methyl sites for hydroxylation is 1. The fourth-order valence-corrected chi connectivity index (χ4v) is 3.60. The first-order chi connectivity index (χ1) is 14.0. The Kier molecular flexibility index (Phi) is 5.08. The van der Waals surface area contributed by atoms with E-state index in [-0.39, 0.29) is 24.1 Å². The third-order valence-corrected chi connectivity index (χ3v) is 5.15. The zero-order valence-corrected chi connectivity index (χ0v) is 15.9. The SMILES string of the molecule is CCc1cc2ncccc2cc1NC(=O)C1=CNC(=O)C[C@H]1c1ccc(F)cc1.